The van der Waals surface area contributed by atoms with Gasteiger partial charge >= 0.3 is 0 Å². The number of hydrogen-bond donors (Lipinski definition) is 0. The Kier molecular flexibility index (Phi) is 7.35. The zero-order valence-electron chi connectivity index (χ0n) is 33.7. The molecule has 0 N–H and O–H groups in total. The van der Waals surface area contributed by atoms with Crippen LogP contribution in [-0.2, 0) is 10.8 Å². The molecule has 60 heavy (non-hydrogen) atoms. The van der Waals surface area contributed by atoms with Gasteiger partial charge in [-0.25, -0.2) is 0 Å². The van der Waals surface area contributed by atoms with Gasteiger partial charge in [-0.1, -0.05) is 158 Å². The SMILES string of the molecule is C1=CC(C2(c3ccc(C4CC4)cc3)c3ccccc3-c3ccc(N(c4ccccc4)c4ccc5c(c4)C4(C6=C5C=CCC6)c5ccccc5-c5ccccc54)cc32)=CCC1. The Morgan fingerprint density at radius 3 is 1.63 bits per heavy atom. The molecule has 1 saturated carbocycles. The molecule has 1 unspecified atom stereocenters. The van der Waals surface area contributed by atoms with Crippen LogP contribution in [0.2, 0.25) is 0 Å². The minimum absolute atomic E-state index is 0.331. The summed E-state index contributed by atoms with van der Waals surface area (Å²) in [7, 11) is 0. The highest BCUT2D eigenvalue weighted by Crippen LogP contribution is 2.64. The van der Waals surface area contributed by atoms with Crippen molar-refractivity contribution in [3.8, 4) is 22.3 Å². The number of rotatable bonds is 6. The van der Waals surface area contributed by atoms with Crippen molar-refractivity contribution in [2.24, 2.45) is 0 Å². The third kappa shape index (κ3) is 4.58. The standard InChI is InChI=1S/C59H45N/c1-3-15-41(16-4-1)58(42-31-29-40(30-32-42)39-27-28-39)52-23-11-7-21-48(52)50-35-33-44(37-56(50)58)60(43-17-5-2-6-18-43)45-34-36-51-49-22-10-14-26-55(49)59(57(51)38-45)53-24-12-8-19-46(53)47-20-9-13-25-54(47)59/h2-3,5-13,15-25,29-39H,1,4,14,26-28H2. The number of anilines is 3. The van der Waals surface area contributed by atoms with Gasteiger partial charge in [0.25, 0.3) is 0 Å². The minimum Gasteiger partial charge on any atom is -0.310 e. The van der Waals surface area contributed by atoms with E-state index in [0.717, 1.165) is 31.4 Å². The van der Waals surface area contributed by atoms with E-state index in [1.807, 2.05) is 0 Å². The molecule has 1 nitrogen and oxygen atoms in total. The Hall–Kier alpha value is -6.70. The summed E-state index contributed by atoms with van der Waals surface area (Å²) in [6.45, 7) is 0. The Bertz CT molecular complexity index is 3000. The summed E-state index contributed by atoms with van der Waals surface area (Å²) in [4.78, 5) is 2.52. The van der Waals surface area contributed by atoms with Crippen molar-refractivity contribution >= 4 is 22.6 Å². The van der Waals surface area contributed by atoms with Gasteiger partial charge < -0.3 is 4.90 Å². The molecule has 7 aromatic rings. The average Bonchev–Trinajstić information content (AvgIpc) is 4.01. The molecule has 0 saturated heterocycles. The fourth-order valence-electron chi connectivity index (χ4n) is 12.1. The van der Waals surface area contributed by atoms with E-state index in [-0.39, 0.29) is 5.41 Å². The fraction of sp³-hybridized carbons (Fsp3) is 0.153. The number of fused-ring (bicyclic) bond motifs is 12. The quantitative estimate of drug-likeness (QED) is 0.163. The van der Waals surface area contributed by atoms with Crippen LogP contribution in [0.25, 0.3) is 27.8 Å². The van der Waals surface area contributed by atoms with Gasteiger partial charge in [0.15, 0.2) is 0 Å². The van der Waals surface area contributed by atoms with Gasteiger partial charge in [-0.15, -0.1) is 0 Å². The van der Waals surface area contributed by atoms with Crippen LogP contribution in [0.1, 0.15) is 89.0 Å². The Balaban J connectivity index is 1.05. The Morgan fingerprint density at radius 1 is 0.433 bits per heavy atom. The van der Waals surface area contributed by atoms with Crippen molar-refractivity contribution < 1.29 is 0 Å². The fourth-order valence-corrected chi connectivity index (χ4v) is 12.1. The first-order valence-corrected chi connectivity index (χ1v) is 22.1. The molecule has 6 aliphatic rings. The van der Waals surface area contributed by atoms with E-state index < -0.39 is 5.41 Å². The molecule has 1 heteroatoms. The lowest BCUT2D eigenvalue weighted by Crippen LogP contribution is -2.30. The monoisotopic (exact) mass is 767 g/mol. The molecule has 286 valence electrons. The smallest absolute Gasteiger partial charge is 0.0711 e. The first-order chi connectivity index (χ1) is 29.8. The summed E-state index contributed by atoms with van der Waals surface area (Å²) < 4.78 is 0. The maximum Gasteiger partial charge on any atom is 0.0711 e. The second-order valence-electron chi connectivity index (χ2n) is 17.6. The summed E-state index contributed by atoms with van der Waals surface area (Å²) in [5.41, 5.74) is 23.6. The van der Waals surface area contributed by atoms with Crippen LogP contribution in [0.15, 0.2) is 205 Å². The predicted molar refractivity (Wildman–Crippen MR) is 248 cm³/mol. The van der Waals surface area contributed by atoms with Crippen molar-refractivity contribution in [3.63, 3.8) is 0 Å². The summed E-state index contributed by atoms with van der Waals surface area (Å²) in [5.74, 6) is 0.715. The summed E-state index contributed by atoms with van der Waals surface area (Å²) in [6.07, 6.45) is 19.0. The second-order valence-corrected chi connectivity index (χ2v) is 17.6. The van der Waals surface area contributed by atoms with E-state index in [1.165, 1.54) is 102 Å². The van der Waals surface area contributed by atoms with E-state index in [9.17, 15) is 0 Å². The van der Waals surface area contributed by atoms with Gasteiger partial charge in [0.2, 0.25) is 0 Å². The van der Waals surface area contributed by atoms with Crippen LogP contribution >= 0.6 is 0 Å². The first-order valence-electron chi connectivity index (χ1n) is 22.1. The molecular formula is C59H45N. The van der Waals surface area contributed by atoms with Crippen molar-refractivity contribution in [1.29, 1.82) is 0 Å². The number of nitrogens with zero attached hydrogens (tertiary/aromatic N) is 1. The highest BCUT2D eigenvalue weighted by molar-refractivity contribution is 5.98. The van der Waals surface area contributed by atoms with Gasteiger partial charge in [-0.2, -0.15) is 0 Å². The van der Waals surface area contributed by atoms with Crippen molar-refractivity contribution in [3.05, 3.63) is 250 Å². The van der Waals surface area contributed by atoms with Crippen molar-refractivity contribution in [2.75, 3.05) is 4.90 Å². The summed E-state index contributed by atoms with van der Waals surface area (Å²) in [6, 6.07) is 63.0. The van der Waals surface area contributed by atoms with Gasteiger partial charge in [0, 0.05) is 17.1 Å². The van der Waals surface area contributed by atoms with Crippen LogP contribution in [-0.4, -0.2) is 0 Å². The molecule has 0 amide bonds. The number of benzene rings is 7. The third-order valence-corrected chi connectivity index (χ3v) is 14.7. The van der Waals surface area contributed by atoms with Crippen LogP contribution in [0.3, 0.4) is 0 Å². The van der Waals surface area contributed by atoms with Crippen LogP contribution in [0, 0.1) is 0 Å². The number of hydrogen-bond acceptors (Lipinski definition) is 1. The number of allylic oxidation sites excluding steroid dienone is 8. The average molecular weight is 768 g/mol. The van der Waals surface area contributed by atoms with Crippen LogP contribution in [0.5, 0.6) is 0 Å². The molecule has 0 heterocycles. The largest absolute Gasteiger partial charge is 0.310 e. The minimum atomic E-state index is -0.433. The lowest BCUT2D eigenvalue weighted by molar-refractivity contribution is 0.714. The summed E-state index contributed by atoms with van der Waals surface area (Å²) >= 11 is 0. The van der Waals surface area contributed by atoms with Gasteiger partial charge in [-0.3, -0.25) is 0 Å². The molecular weight excluding hydrogens is 723 g/mol. The van der Waals surface area contributed by atoms with Crippen molar-refractivity contribution in [2.45, 2.75) is 55.3 Å². The van der Waals surface area contributed by atoms with Crippen LogP contribution < -0.4 is 4.90 Å². The molecule has 1 fully saturated rings. The molecule has 0 radical (unpaired) electrons. The van der Waals surface area contributed by atoms with E-state index in [1.54, 1.807) is 5.57 Å². The molecule has 7 aromatic carbocycles. The highest BCUT2D eigenvalue weighted by Gasteiger charge is 2.53. The summed E-state index contributed by atoms with van der Waals surface area (Å²) in [5, 5.41) is 0. The lowest BCUT2D eigenvalue weighted by atomic mass is 9.66. The van der Waals surface area contributed by atoms with Gasteiger partial charge in [0.1, 0.15) is 0 Å². The first kappa shape index (κ1) is 34.2. The molecule has 1 atom stereocenters. The lowest BCUT2D eigenvalue weighted by Gasteiger charge is -2.37. The predicted octanol–water partition coefficient (Wildman–Crippen LogP) is 15.1. The van der Waals surface area contributed by atoms with Gasteiger partial charge in [0.05, 0.1) is 10.8 Å². The van der Waals surface area contributed by atoms with Crippen LogP contribution in [0.4, 0.5) is 17.1 Å². The maximum absolute atomic E-state index is 2.55. The van der Waals surface area contributed by atoms with E-state index in [0.29, 0.717) is 5.92 Å². The molecule has 1 spiro atoms. The zero-order chi connectivity index (χ0) is 39.4. The van der Waals surface area contributed by atoms with E-state index >= 15 is 0 Å². The van der Waals surface area contributed by atoms with Crippen molar-refractivity contribution in [1.82, 2.24) is 0 Å². The molecule has 6 aliphatic carbocycles. The molecule has 0 bridgehead atoms. The second kappa shape index (κ2) is 12.9. The highest BCUT2D eigenvalue weighted by atomic mass is 15.1. The zero-order valence-corrected chi connectivity index (χ0v) is 33.7. The Labute approximate surface area is 353 Å². The topological polar surface area (TPSA) is 3.24 Å². The normalized spacial score (nSPS) is 19.6. The molecule has 0 aromatic heterocycles. The third-order valence-electron chi connectivity index (χ3n) is 14.7. The molecule has 0 aliphatic heterocycles. The van der Waals surface area contributed by atoms with E-state index in [2.05, 4.69) is 199 Å². The number of para-hydroxylation sites is 1. The maximum atomic E-state index is 2.55. The van der Waals surface area contributed by atoms with E-state index in [4.69, 9.17) is 0 Å². The Morgan fingerprint density at radius 2 is 1.00 bits per heavy atom. The molecule has 13 rings (SSSR count). The van der Waals surface area contributed by atoms with Gasteiger partial charge in [-0.05, 0) is 164 Å².